The highest BCUT2D eigenvalue weighted by molar-refractivity contribution is 5.86. The molecule has 2 heterocycles. The van der Waals surface area contributed by atoms with E-state index in [1.54, 1.807) is 6.08 Å². The first-order valence-corrected chi connectivity index (χ1v) is 7.19. The predicted octanol–water partition coefficient (Wildman–Crippen LogP) is 2.67. The lowest BCUT2D eigenvalue weighted by Gasteiger charge is -2.25. The van der Waals surface area contributed by atoms with Crippen LogP contribution in [0.2, 0.25) is 0 Å². The number of fused-ring (bicyclic) bond motifs is 1. The summed E-state index contributed by atoms with van der Waals surface area (Å²) in [6.45, 7) is 2.20. The number of carboxylic acids is 1. The number of hydrogen-bond donors (Lipinski definition) is 1. The van der Waals surface area contributed by atoms with Gasteiger partial charge in [0.25, 0.3) is 0 Å². The van der Waals surface area contributed by atoms with Crippen LogP contribution in [-0.2, 0) is 4.79 Å². The maximum absolute atomic E-state index is 10.8. The van der Waals surface area contributed by atoms with Crippen molar-refractivity contribution in [3.05, 3.63) is 36.2 Å². The van der Waals surface area contributed by atoms with E-state index in [1.165, 1.54) is 12.8 Å². The molecule has 1 unspecified atom stereocenters. The Balaban J connectivity index is 2.07. The molecular formula is C16H19N3O2. The van der Waals surface area contributed by atoms with E-state index in [2.05, 4.69) is 16.8 Å². The number of rotatable bonds is 5. The summed E-state index contributed by atoms with van der Waals surface area (Å²) in [6.07, 6.45) is 7.21. The van der Waals surface area contributed by atoms with Crippen LogP contribution in [0, 0.1) is 5.92 Å². The van der Waals surface area contributed by atoms with Crippen molar-refractivity contribution in [2.45, 2.75) is 25.8 Å². The molecule has 1 atom stereocenters. The lowest BCUT2D eigenvalue weighted by Crippen LogP contribution is -2.31. The summed E-state index contributed by atoms with van der Waals surface area (Å²) in [5, 5.41) is 8.89. The second-order valence-electron chi connectivity index (χ2n) is 5.61. The molecule has 5 nitrogen and oxygen atoms in total. The smallest absolute Gasteiger partial charge is 0.328 e. The third kappa shape index (κ3) is 2.63. The first kappa shape index (κ1) is 13.7. The number of pyridine rings is 1. The zero-order valence-electron chi connectivity index (χ0n) is 12.2. The number of aromatic nitrogens is 2. The fourth-order valence-corrected chi connectivity index (χ4v) is 2.65. The summed E-state index contributed by atoms with van der Waals surface area (Å²) in [7, 11) is 2.03. The molecule has 1 aliphatic carbocycles. The number of aliphatic carboxylic acids is 1. The Morgan fingerprint density at radius 1 is 1.52 bits per heavy atom. The van der Waals surface area contributed by atoms with Gasteiger partial charge in [-0.1, -0.05) is 6.07 Å². The molecule has 0 spiro atoms. The van der Waals surface area contributed by atoms with Gasteiger partial charge in [0.05, 0.1) is 5.69 Å². The topological polar surface area (TPSA) is 57.8 Å². The monoisotopic (exact) mass is 285 g/mol. The Labute approximate surface area is 123 Å². The van der Waals surface area contributed by atoms with Crippen molar-refractivity contribution in [3.63, 3.8) is 0 Å². The molecule has 2 aromatic heterocycles. The van der Waals surface area contributed by atoms with Crippen molar-refractivity contribution < 1.29 is 9.90 Å². The summed E-state index contributed by atoms with van der Waals surface area (Å²) in [4.78, 5) is 17.7. The maximum Gasteiger partial charge on any atom is 0.328 e. The van der Waals surface area contributed by atoms with Crippen LogP contribution in [0.1, 0.15) is 25.5 Å². The highest BCUT2D eigenvalue weighted by Gasteiger charge is 2.32. The van der Waals surface area contributed by atoms with Gasteiger partial charge in [-0.3, -0.25) is 4.40 Å². The van der Waals surface area contributed by atoms with E-state index >= 15 is 0 Å². The van der Waals surface area contributed by atoms with Gasteiger partial charge in [0.15, 0.2) is 5.82 Å². The molecule has 110 valence electrons. The largest absolute Gasteiger partial charge is 0.478 e. The molecule has 1 N–H and O–H groups in total. The molecule has 5 heteroatoms. The fraction of sp³-hybridized carbons (Fsp3) is 0.375. The summed E-state index contributed by atoms with van der Waals surface area (Å²) in [5.74, 6) is 0.596. The Morgan fingerprint density at radius 2 is 2.29 bits per heavy atom. The minimum absolute atomic E-state index is 0.409. The van der Waals surface area contributed by atoms with Gasteiger partial charge in [-0.15, -0.1) is 0 Å². The summed E-state index contributed by atoms with van der Waals surface area (Å²) < 4.78 is 1.92. The second-order valence-corrected chi connectivity index (χ2v) is 5.61. The Morgan fingerprint density at radius 3 is 2.95 bits per heavy atom. The van der Waals surface area contributed by atoms with E-state index in [9.17, 15) is 4.79 Å². The minimum Gasteiger partial charge on any atom is -0.478 e. The van der Waals surface area contributed by atoms with Gasteiger partial charge in [-0.25, -0.2) is 9.78 Å². The molecule has 1 aliphatic rings. The van der Waals surface area contributed by atoms with Crippen LogP contribution in [-0.4, -0.2) is 33.6 Å². The second kappa shape index (κ2) is 5.24. The van der Waals surface area contributed by atoms with Crippen molar-refractivity contribution in [2.75, 3.05) is 11.9 Å². The normalized spacial score (nSPS) is 16.5. The van der Waals surface area contributed by atoms with E-state index in [1.807, 2.05) is 35.8 Å². The number of hydrogen-bond acceptors (Lipinski definition) is 3. The van der Waals surface area contributed by atoms with Gasteiger partial charge in [0.2, 0.25) is 0 Å². The lowest BCUT2D eigenvalue weighted by molar-refractivity contribution is -0.131. The van der Waals surface area contributed by atoms with Crippen molar-refractivity contribution in [1.29, 1.82) is 0 Å². The molecule has 0 aromatic carbocycles. The SMILES string of the molecule is CC(C1CC1)N(C)c1nc2ccccn2c1/C=C/C(=O)O. The van der Waals surface area contributed by atoms with Crippen molar-refractivity contribution in [2.24, 2.45) is 5.92 Å². The van der Waals surface area contributed by atoms with Crippen LogP contribution in [0.3, 0.4) is 0 Å². The summed E-state index contributed by atoms with van der Waals surface area (Å²) >= 11 is 0. The van der Waals surface area contributed by atoms with E-state index in [0.717, 1.165) is 29.2 Å². The molecule has 0 radical (unpaired) electrons. The standard InChI is InChI=1S/C16H19N3O2/c1-11(12-6-7-12)18(2)16-13(8-9-15(20)21)19-10-4-3-5-14(19)17-16/h3-5,8-12H,6-7H2,1-2H3,(H,20,21)/b9-8+. The van der Waals surface area contributed by atoms with Gasteiger partial charge in [0, 0.05) is 25.4 Å². The van der Waals surface area contributed by atoms with E-state index in [4.69, 9.17) is 5.11 Å². The number of carboxylic acid groups (broad SMARTS) is 1. The number of carbonyl (C=O) groups is 1. The Bertz CT molecular complexity index is 701. The number of anilines is 1. The molecule has 0 bridgehead atoms. The van der Waals surface area contributed by atoms with Crippen LogP contribution in [0.4, 0.5) is 5.82 Å². The molecule has 0 saturated heterocycles. The maximum atomic E-state index is 10.8. The third-order valence-electron chi connectivity index (χ3n) is 4.18. The van der Waals surface area contributed by atoms with Crippen LogP contribution < -0.4 is 4.90 Å². The van der Waals surface area contributed by atoms with Crippen molar-refractivity contribution in [1.82, 2.24) is 9.38 Å². The first-order valence-electron chi connectivity index (χ1n) is 7.19. The number of imidazole rings is 1. The van der Waals surface area contributed by atoms with Gasteiger partial charge in [-0.2, -0.15) is 0 Å². The van der Waals surface area contributed by atoms with Crippen LogP contribution in [0.15, 0.2) is 30.5 Å². The summed E-state index contributed by atoms with van der Waals surface area (Å²) in [6, 6.07) is 6.19. The van der Waals surface area contributed by atoms with Gasteiger partial charge in [-0.05, 0) is 43.9 Å². The average molecular weight is 285 g/mol. The highest BCUT2D eigenvalue weighted by Crippen LogP contribution is 2.37. The lowest BCUT2D eigenvalue weighted by atomic mass is 10.2. The first-order chi connectivity index (χ1) is 10.1. The van der Waals surface area contributed by atoms with Gasteiger partial charge < -0.3 is 10.0 Å². The molecule has 1 fully saturated rings. The molecule has 21 heavy (non-hydrogen) atoms. The molecule has 0 amide bonds. The molecule has 1 saturated carbocycles. The average Bonchev–Trinajstić information content (AvgIpc) is 3.25. The Hall–Kier alpha value is -2.30. The van der Waals surface area contributed by atoms with Gasteiger partial charge >= 0.3 is 5.97 Å². The highest BCUT2D eigenvalue weighted by atomic mass is 16.4. The third-order valence-corrected chi connectivity index (χ3v) is 4.18. The fourth-order valence-electron chi connectivity index (χ4n) is 2.65. The number of nitrogens with zero attached hydrogens (tertiary/aromatic N) is 3. The Kier molecular flexibility index (Phi) is 3.41. The van der Waals surface area contributed by atoms with Crippen molar-refractivity contribution in [3.8, 4) is 0 Å². The van der Waals surface area contributed by atoms with Crippen LogP contribution in [0.25, 0.3) is 11.7 Å². The van der Waals surface area contributed by atoms with E-state index in [0.29, 0.717) is 6.04 Å². The molecule has 0 aliphatic heterocycles. The minimum atomic E-state index is -0.954. The van der Waals surface area contributed by atoms with E-state index < -0.39 is 5.97 Å². The molecule has 2 aromatic rings. The van der Waals surface area contributed by atoms with Gasteiger partial charge in [0.1, 0.15) is 5.65 Å². The zero-order valence-corrected chi connectivity index (χ0v) is 12.2. The van der Waals surface area contributed by atoms with Crippen LogP contribution in [0.5, 0.6) is 0 Å². The molecular weight excluding hydrogens is 266 g/mol. The molecule has 3 rings (SSSR count). The van der Waals surface area contributed by atoms with Crippen molar-refractivity contribution >= 4 is 23.5 Å². The zero-order chi connectivity index (χ0) is 15.0. The van der Waals surface area contributed by atoms with Crippen LogP contribution >= 0.6 is 0 Å². The quantitative estimate of drug-likeness (QED) is 0.858. The van der Waals surface area contributed by atoms with E-state index in [-0.39, 0.29) is 0 Å². The summed E-state index contributed by atoms with van der Waals surface area (Å²) in [5.41, 5.74) is 1.63. The predicted molar refractivity (Wildman–Crippen MR) is 82.5 cm³/mol.